The Morgan fingerprint density at radius 3 is 2.34 bits per heavy atom. The molecule has 0 amide bonds. The van der Waals surface area contributed by atoms with E-state index in [1.807, 2.05) is 0 Å². The number of hydrogen-bond donors (Lipinski definition) is 1. The van der Waals surface area contributed by atoms with E-state index in [4.69, 9.17) is 46.4 Å². The third-order valence-corrected chi connectivity index (χ3v) is 6.70. The molecule has 0 bridgehead atoms. The van der Waals surface area contributed by atoms with Crippen LogP contribution in [0.1, 0.15) is 18.0 Å². The lowest BCUT2D eigenvalue weighted by Crippen LogP contribution is -2.35. The van der Waals surface area contributed by atoms with Crippen molar-refractivity contribution in [3.05, 3.63) is 49.9 Å². The summed E-state index contributed by atoms with van der Waals surface area (Å²) in [6, 6.07) is 3.52. The van der Waals surface area contributed by atoms with E-state index in [-0.39, 0.29) is 31.7 Å². The Balaban J connectivity index is 1.97. The molecule has 0 radical (unpaired) electrons. The lowest BCUT2D eigenvalue weighted by Gasteiger charge is -2.31. The molecular weight excluding hydrogens is 531 g/mol. The molecule has 2 unspecified atom stereocenters. The minimum atomic E-state index is -4.70. The highest BCUT2D eigenvalue weighted by Crippen LogP contribution is 2.45. The van der Waals surface area contributed by atoms with E-state index in [1.165, 1.54) is 24.3 Å². The van der Waals surface area contributed by atoms with Gasteiger partial charge in [-0.1, -0.05) is 52.5 Å². The normalized spacial score (nSPS) is 16.3. The average molecular weight is 546 g/mol. The molecular formula is C19H15Cl4F3N4OS. The van der Waals surface area contributed by atoms with Gasteiger partial charge in [-0.2, -0.15) is 13.2 Å². The molecule has 32 heavy (non-hydrogen) atoms. The number of fused-ring (bicyclic) bond motifs is 3. The minimum absolute atomic E-state index is 0.124. The topological polar surface area (TPSA) is 50.2 Å². The molecule has 0 saturated heterocycles. The summed E-state index contributed by atoms with van der Waals surface area (Å²) in [5.41, 5.74) is 0.733. The SMILES string of the molecule is CS(=O)NC(c1ccc(Cl)c2nc3n(c12)CCCN3c1c(Cl)cc(Cl)cc1Cl)C(F)(F)F. The smallest absolute Gasteiger partial charge is 0.309 e. The van der Waals surface area contributed by atoms with E-state index in [0.717, 1.165) is 6.26 Å². The summed E-state index contributed by atoms with van der Waals surface area (Å²) in [6.07, 6.45) is -2.97. The second-order valence-electron chi connectivity index (χ2n) is 7.17. The van der Waals surface area contributed by atoms with E-state index in [2.05, 4.69) is 9.71 Å². The summed E-state index contributed by atoms with van der Waals surface area (Å²) in [6.45, 7) is 0.884. The van der Waals surface area contributed by atoms with E-state index in [1.54, 1.807) is 9.47 Å². The van der Waals surface area contributed by atoms with Crippen molar-refractivity contribution in [2.45, 2.75) is 25.2 Å². The van der Waals surface area contributed by atoms with Gasteiger partial charge in [0.25, 0.3) is 0 Å². The molecule has 172 valence electrons. The van der Waals surface area contributed by atoms with Crippen LogP contribution in [0.25, 0.3) is 11.0 Å². The monoisotopic (exact) mass is 544 g/mol. The van der Waals surface area contributed by atoms with Gasteiger partial charge < -0.3 is 9.47 Å². The van der Waals surface area contributed by atoms with Crippen LogP contribution < -0.4 is 9.62 Å². The van der Waals surface area contributed by atoms with Gasteiger partial charge in [0.15, 0.2) is 0 Å². The highest BCUT2D eigenvalue weighted by molar-refractivity contribution is 7.82. The number of benzene rings is 2. The molecule has 1 aromatic heterocycles. The van der Waals surface area contributed by atoms with Crippen LogP contribution in [0.5, 0.6) is 0 Å². The van der Waals surface area contributed by atoms with Crippen LogP contribution in [-0.2, 0) is 17.5 Å². The molecule has 0 fully saturated rings. The molecule has 1 aliphatic heterocycles. The standard InChI is InChI=1S/C19H15Cl4F3N4OS/c1-32(31)28-17(19(24,25)26)10-3-4-11(21)14-15(10)29-5-2-6-30(18(29)27-14)16-12(22)7-9(20)8-13(16)23/h3-4,7-8,17,28H,2,5-6H2,1H3. The third-order valence-electron chi connectivity index (χ3n) is 5.03. The lowest BCUT2D eigenvalue weighted by atomic mass is 10.0. The van der Waals surface area contributed by atoms with E-state index < -0.39 is 23.2 Å². The highest BCUT2D eigenvalue weighted by Gasteiger charge is 2.43. The highest BCUT2D eigenvalue weighted by atomic mass is 35.5. The van der Waals surface area contributed by atoms with Gasteiger partial charge in [0.05, 0.1) is 37.3 Å². The summed E-state index contributed by atoms with van der Waals surface area (Å²) in [4.78, 5) is 6.29. The molecule has 2 heterocycles. The fourth-order valence-electron chi connectivity index (χ4n) is 3.84. The van der Waals surface area contributed by atoms with Gasteiger partial charge in [-0.3, -0.25) is 0 Å². The van der Waals surface area contributed by atoms with Crippen LogP contribution in [-0.4, -0.2) is 32.7 Å². The van der Waals surface area contributed by atoms with Crippen LogP contribution in [0.3, 0.4) is 0 Å². The number of nitrogens with zero attached hydrogens (tertiary/aromatic N) is 3. The van der Waals surface area contributed by atoms with Crippen LogP contribution in [0.4, 0.5) is 24.8 Å². The Hall–Kier alpha value is -1.23. The van der Waals surface area contributed by atoms with E-state index >= 15 is 0 Å². The number of aryl methyl sites for hydroxylation is 1. The largest absolute Gasteiger partial charge is 0.408 e. The Bertz CT molecular complexity index is 1210. The Morgan fingerprint density at radius 2 is 1.75 bits per heavy atom. The van der Waals surface area contributed by atoms with Gasteiger partial charge in [0, 0.05) is 29.9 Å². The third kappa shape index (κ3) is 4.31. The first-order chi connectivity index (χ1) is 15.0. The quantitative estimate of drug-likeness (QED) is 0.398. The van der Waals surface area contributed by atoms with Gasteiger partial charge in [-0.25, -0.2) is 13.9 Å². The number of aromatic nitrogens is 2. The average Bonchev–Trinajstić information content (AvgIpc) is 3.07. The number of hydrogen-bond acceptors (Lipinski definition) is 3. The van der Waals surface area contributed by atoms with Crippen LogP contribution in [0.15, 0.2) is 24.3 Å². The number of alkyl halides is 3. The number of nitrogens with one attached hydrogen (secondary N) is 1. The Labute approximate surface area is 204 Å². The summed E-state index contributed by atoms with van der Waals surface area (Å²) in [5, 5.41) is 1.11. The first kappa shape index (κ1) is 23.9. The minimum Gasteiger partial charge on any atom is -0.309 e. The van der Waals surface area contributed by atoms with Gasteiger partial charge in [0.1, 0.15) is 11.6 Å². The van der Waals surface area contributed by atoms with Gasteiger partial charge in [-0.15, -0.1) is 0 Å². The second kappa shape index (κ2) is 8.85. The van der Waals surface area contributed by atoms with Crippen molar-refractivity contribution in [3.63, 3.8) is 0 Å². The molecule has 13 heteroatoms. The van der Waals surface area contributed by atoms with Crippen molar-refractivity contribution < 1.29 is 17.4 Å². The summed E-state index contributed by atoms with van der Waals surface area (Å²) in [5.74, 6) is 0.352. The van der Waals surface area contributed by atoms with Gasteiger partial charge in [0.2, 0.25) is 5.95 Å². The predicted octanol–water partition coefficient (Wildman–Crippen LogP) is 6.68. The lowest BCUT2D eigenvalue weighted by molar-refractivity contribution is -0.152. The van der Waals surface area contributed by atoms with Crippen LogP contribution in [0.2, 0.25) is 20.1 Å². The zero-order valence-corrected chi connectivity index (χ0v) is 20.2. The van der Waals surface area contributed by atoms with E-state index in [0.29, 0.717) is 36.2 Å². The summed E-state index contributed by atoms with van der Waals surface area (Å²) >= 11 is 25.1. The van der Waals surface area contributed by atoms with Crippen LogP contribution in [0, 0.1) is 0 Å². The van der Waals surface area contributed by atoms with Crippen molar-refractivity contribution in [2.75, 3.05) is 17.7 Å². The Kier molecular flexibility index (Phi) is 6.61. The van der Waals surface area contributed by atoms with Crippen molar-refractivity contribution in [1.29, 1.82) is 0 Å². The zero-order chi connectivity index (χ0) is 23.4. The zero-order valence-electron chi connectivity index (χ0n) is 16.3. The maximum absolute atomic E-state index is 13.9. The predicted molar refractivity (Wildman–Crippen MR) is 124 cm³/mol. The second-order valence-corrected chi connectivity index (χ2v) is 9.97. The number of imidazole rings is 1. The van der Waals surface area contributed by atoms with Gasteiger partial charge >= 0.3 is 6.18 Å². The molecule has 0 saturated carbocycles. The van der Waals surface area contributed by atoms with E-state index in [9.17, 15) is 17.4 Å². The molecule has 0 aliphatic carbocycles. The maximum Gasteiger partial charge on any atom is 0.408 e. The summed E-state index contributed by atoms with van der Waals surface area (Å²) < 4.78 is 57.1. The van der Waals surface area contributed by atoms with Crippen molar-refractivity contribution in [2.24, 2.45) is 0 Å². The number of anilines is 2. The Morgan fingerprint density at radius 1 is 1.09 bits per heavy atom. The van der Waals surface area contributed by atoms with Crippen molar-refractivity contribution in [1.82, 2.24) is 14.3 Å². The molecule has 3 aromatic rings. The molecule has 2 atom stereocenters. The molecule has 4 rings (SSSR count). The number of halogens is 7. The van der Waals surface area contributed by atoms with Crippen molar-refractivity contribution >= 4 is 80.1 Å². The van der Waals surface area contributed by atoms with Gasteiger partial charge in [-0.05, 0) is 24.6 Å². The molecule has 2 aromatic carbocycles. The number of rotatable bonds is 4. The van der Waals surface area contributed by atoms with Crippen LogP contribution >= 0.6 is 46.4 Å². The maximum atomic E-state index is 13.9. The molecule has 1 aliphatic rings. The molecule has 1 N–H and O–H groups in total. The summed E-state index contributed by atoms with van der Waals surface area (Å²) in [7, 11) is -1.92. The fraction of sp³-hybridized carbons (Fsp3) is 0.316. The first-order valence-corrected chi connectivity index (χ1v) is 12.3. The molecule has 5 nitrogen and oxygen atoms in total. The first-order valence-electron chi connectivity index (χ1n) is 9.26. The fourth-order valence-corrected chi connectivity index (χ4v) is 5.64. The molecule has 0 spiro atoms. The van der Waals surface area contributed by atoms with Crippen molar-refractivity contribution in [3.8, 4) is 0 Å².